The predicted octanol–water partition coefficient (Wildman–Crippen LogP) is 4.06. The number of hydrogen-bond donors (Lipinski definition) is 2. The molecule has 1 aliphatic heterocycles. The summed E-state index contributed by atoms with van der Waals surface area (Å²) in [5.41, 5.74) is 9.99. The van der Waals surface area contributed by atoms with Gasteiger partial charge in [0.2, 0.25) is 11.8 Å². The van der Waals surface area contributed by atoms with Gasteiger partial charge in [0.05, 0.1) is 21.7 Å². The summed E-state index contributed by atoms with van der Waals surface area (Å²) in [5, 5.41) is 3.34. The first-order valence-corrected chi connectivity index (χ1v) is 9.65. The van der Waals surface area contributed by atoms with Crippen LogP contribution in [0.15, 0.2) is 30.3 Å². The van der Waals surface area contributed by atoms with Gasteiger partial charge in [0, 0.05) is 24.3 Å². The molecule has 2 aromatic carbocycles. The number of carbonyl (C=O) groups excluding carboxylic acids is 2. The number of benzene rings is 2. The molecule has 0 saturated carbocycles. The van der Waals surface area contributed by atoms with Gasteiger partial charge in [-0.05, 0) is 54.7 Å². The topological polar surface area (TPSA) is 75.4 Å². The van der Waals surface area contributed by atoms with Crippen molar-refractivity contribution < 1.29 is 9.59 Å². The number of rotatable bonds is 3. The van der Waals surface area contributed by atoms with Crippen LogP contribution in [0.2, 0.25) is 10.0 Å². The normalized spacial score (nSPS) is 18.7. The number of carbonyl (C=O) groups is 2. The van der Waals surface area contributed by atoms with Crippen LogP contribution in [-0.4, -0.2) is 18.4 Å². The first kappa shape index (κ1) is 18.1. The zero-order valence-electron chi connectivity index (χ0n) is 14.6. The molecule has 5 nitrogen and oxygen atoms in total. The fraction of sp³-hybridized carbons (Fsp3) is 0.300. The Morgan fingerprint density at radius 2 is 1.81 bits per heavy atom. The van der Waals surface area contributed by atoms with Gasteiger partial charge >= 0.3 is 0 Å². The number of nitrogens with two attached hydrogens (primary N) is 1. The number of halogens is 2. The summed E-state index contributed by atoms with van der Waals surface area (Å²) in [7, 11) is 0. The van der Waals surface area contributed by atoms with E-state index in [0.717, 1.165) is 24.9 Å². The van der Waals surface area contributed by atoms with Gasteiger partial charge in [-0.1, -0.05) is 29.3 Å². The Balaban J connectivity index is 1.48. The molecule has 4 rings (SSSR count). The van der Waals surface area contributed by atoms with Crippen LogP contribution in [0.4, 0.5) is 17.1 Å². The molecule has 27 heavy (non-hydrogen) atoms. The van der Waals surface area contributed by atoms with Crippen LogP contribution in [0.1, 0.15) is 24.0 Å². The highest BCUT2D eigenvalue weighted by Gasteiger charge is 2.35. The fourth-order valence-corrected chi connectivity index (χ4v) is 4.25. The minimum atomic E-state index is -0.430. The van der Waals surface area contributed by atoms with E-state index in [4.69, 9.17) is 28.9 Å². The molecule has 7 heteroatoms. The van der Waals surface area contributed by atoms with Gasteiger partial charge in [-0.3, -0.25) is 9.59 Å². The van der Waals surface area contributed by atoms with Crippen LogP contribution in [0, 0.1) is 5.92 Å². The SMILES string of the molecule is Nc1c(Cl)cc(NC(=O)[C@@H]2CC(=O)N(c3ccc4c(c3)CCC4)C2)cc1Cl. The number of hydrogen-bond acceptors (Lipinski definition) is 3. The Morgan fingerprint density at radius 3 is 2.56 bits per heavy atom. The minimum absolute atomic E-state index is 0.0403. The number of anilines is 3. The van der Waals surface area contributed by atoms with Crippen LogP contribution in [0.3, 0.4) is 0 Å². The maximum Gasteiger partial charge on any atom is 0.229 e. The lowest BCUT2D eigenvalue weighted by molar-refractivity contribution is -0.122. The van der Waals surface area contributed by atoms with Crippen molar-refractivity contribution in [3.63, 3.8) is 0 Å². The highest BCUT2D eigenvalue weighted by atomic mass is 35.5. The third-order valence-electron chi connectivity index (χ3n) is 5.24. The molecule has 1 fully saturated rings. The van der Waals surface area contributed by atoms with Crippen molar-refractivity contribution in [2.75, 3.05) is 22.5 Å². The average Bonchev–Trinajstić information content (AvgIpc) is 3.25. The molecule has 1 atom stereocenters. The van der Waals surface area contributed by atoms with E-state index in [1.165, 1.54) is 11.1 Å². The number of nitrogen functional groups attached to an aromatic ring is 1. The number of aryl methyl sites for hydroxylation is 2. The van der Waals surface area contributed by atoms with E-state index in [2.05, 4.69) is 17.4 Å². The van der Waals surface area contributed by atoms with E-state index in [-0.39, 0.29) is 34.0 Å². The number of nitrogens with one attached hydrogen (secondary N) is 1. The maximum absolute atomic E-state index is 12.6. The van der Waals surface area contributed by atoms with E-state index in [1.54, 1.807) is 17.0 Å². The van der Waals surface area contributed by atoms with Crippen LogP contribution in [0.25, 0.3) is 0 Å². The summed E-state index contributed by atoms with van der Waals surface area (Å²) >= 11 is 12.0. The van der Waals surface area contributed by atoms with Gasteiger partial charge < -0.3 is 16.0 Å². The second-order valence-electron chi connectivity index (χ2n) is 7.05. The first-order valence-electron chi connectivity index (χ1n) is 8.90. The Kier molecular flexibility index (Phi) is 4.74. The van der Waals surface area contributed by atoms with E-state index >= 15 is 0 Å². The van der Waals surface area contributed by atoms with E-state index in [0.29, 0.717) is 12.2 Å². The van der Waals surface area contributed by atoms with E-state index < -0.39 is 5.92 Å². The monoisotopic (exact) mass is 403 g/mol. The van der Waals surface area contributed by atoms with Gasteiger partial charge in [-0.2, -0.15) is 0 Å². The summed E-state index contributed by atoms with van der Waals surface area (Å²) in [4.78, 5) is 26.8. The standard InChI is InChI=1S/C20H19Cl2N3O2/c21-16-8-14(9-17(22)19(16)23)24-20(27)13-7-18(26)25(10-13)15-5-4-11-2-1-3-12(11)6-15/h4-6,8-9,13H,1-3,7,10,23H2,(H,24,27)/t13-/m1/s1. The Bertz CT molecular complexity index is 922. The number of nitrogens with zero attached hydrogens (tertiary/aromatic N) is 1. The predicted molar refractivity (Wildman–Crippen MR) is 108 cm³/mol. The third kappa shape index (κ3) is 3.49. The molecule has 0 unspecified atom stereocenters. The number of fused-ring (bicyclic) bond motifs is 1. The molecule has 2 amide bonds. The van der Waals surface area contributed by atoms with Gasteiger partial charge in [0.25, 0.3) is 0 Å². The van der Waals surface area contributed by atoms with Gasteiger partial charge in [-0.25, -0.2) is 0 Å². The second kappa shape index (κ2) is 7.06. The average molecular weight is 404 g/mol. The molecule has 0 aromatic heterocycles. The zero-order chi connectivity index (χ0) is 19.1. The van der Waals surface area contributed by atoms with Crippen molar-refractivity contribution in [1.29, 1.82) is 0 Å². The lowest BCUT2D eigenvalue weighted by Crippen LogP contribution is -2.28. The molecule has 1 saturated heterocycles. The summed E-state index contributed by atoms with van der Waals surface area (Å²) in [6.07, 6.45) is 3.49. The van der Waals surface area contributed by atoms with Crippen molar-refractivity contribution in [1.82, 2.24) is 0 Å². The molecule has 0 radical (unpaired) electrons. The highest BCUT2D eigenvalue weighted by Crippen LogP contribution is 2.33. The number of amides is 2. The van der Waals surface area contributed by atoms with Gasteiger partial charge in [-0.15, -0.1) is 0 Å². The Morgan fingerprint density at radius 1 is 1.11 bits per heavy atom. The van der Waals surface area contributed by atoms with Crippen molar-refractivity contribution >= 4 is 52.1 Å². The van der Waals surface area contributed by atoms with Crippen molar-refractivity contribution in [2.45, 2.75) is 25.7 Å². The van der Waals surface area contributed by atoms with Crippen molar-refractivity contribution in [2.24, 2.45) is 5.92 Å². The lowest BCUT2D eigenvalue weighted by Gasteiger charge is -2.18. The molecule has 1 heterocycles. The quantitative estimate of drug-likeness (QED) is 0.758. The summed E-state index contributed by atoms with van der Waals surface area (Å²) in [6.45, 7) is 0.361. The lowest BCUT2D eigenvalue weighted by atomic mass is 10.1. The maximum atomic E-state index is 12.6. The molecule has 1 aliphatic carbocycles. The van der Waals surface area contributed by atoms with Crippen LogP contribution < -0.4 is 16.0 Å². The largest absolute Gasteiger partial charge is 0.396 e. The first-order chi connectivity index (χ1) is 12.9. The second-order valence-corrected chi connectivity index (χ2v) is 7.87. The van der Waals surface area contributed by atoms with Gasteiger partial charge in [0.15, 0.2) is 0 Å². The van der Waals surface area contributed by atoms with Crippen LogP contribution in [0.5, 0.6) is 0 Å². The molecule has 0 bridgehead atoms. The smallest absolute Gasteiger partial charge is 0.229 e. The minimum Gasteiger partial charge on any atom is -0.396 e. The molecule has 0 spiro atoms. The molecular formula is C20H19Cl2N3O2. The Hall–Kier alpha value is -2.24. The van der Waals surface area contributed by atoms with Crippen molar-refractivity contribution in [3.05, 3.63) is 51.5 Å². The highest BCUT2D eigenvalue weighted by molar-refractivity contribution is 6.39. The summed E-state index contributed by atoms with van der Waals surface area (Å²) in [5.74, 6) is -0.703. The molecule has 140 valence electrons. The summed E-state index contributed by atoms with van der Waals surface area (Å²) < 4.78 is 0. The van der Waals surface area contributed by atoms with Crippen molar-refractivity contribution in [3.8, 4) is 0 Å². The zero-order valence-corrected chi connectivity index (χ0v) is 16.1. The third-order valence-corrected chi connectivity index (χ3v) is 5.86. The van der Waals surface area contributed by atoms with E-state index in [9.17, 15) is 9.59 Å². The Labute approximate surface area is 167 Å². The molecule has 2 aliphatic rings. The molecule has 2 aromatic rings. The van der Waals surface area contributed by atoms with Gasteiger partial charge in [0.1, 0.15) is 0 Å². The molecule has 3 N–H and O–H groups in total. The van der Waals surface area contributed by atoms with E-state index in [1.807, 2.05) is 6.07 Å². The van der Waals surface area contributed by atoms with Crippen LogP contribution in [-0.2, 0) is 22.4 Å². The molecular weight excluding hydrogens is 385 g/mol. The fourth-order valence-electron chi connectivity index (χ4n) is 3.76. The summed E-state index contributed by atoms with van der Waals surface area (Å²) in [6, 6.07) is 9.25. The van der Waals surface area contributed by atoms with Crippen LogP contribution >= 0.6 is 23.2 Å².